The van der Waals surface area contributed by atoms with Gasteiger partial charge in [0.25, 0.3) is 0 Å². The number of rotatable bonds is 3. The summed E-state index contributed by atoms with van der Waals surface area (Å²) in [7, 11) is 0. The Morgan fingerprint density at radius 3 is 2.12 bits per heavy atom. The summed E-state index contributed by atoms with van der Waals surface area (Å²) in [5.41, 5.74) is 0.994. The Morgan fingerprint density at radius 1 is 1.12 bits per heavy atom. The zero-order valence-corrected chi connectivity index (χ0v) is 10.8. The second kappa shape index (κ2) is 12.0. The number of aryl methyl sites for hydroxylation is 1. The summed E-state index contributed by atoms with van der Waals surface area (Å²) in [6.45, 7) is 7.22. The summed E-state index contributed by atoms with van der Waals surface area (Å²) >= 11 is 0. The lowest BCUT2D eigenvalue weighted by Crippen LogP contribution is -2.01. The molecule has 0 radical (unpaired) electrons. The predicted octanol–water partition coefficient (Wildman–Crippen LogP) is 4.90. The van der Waals surface area contributed by atoms with Crippen molar-refractivity contribution in [3.63, 3.8) is 0 Å². The third-order valence-corrected chi connectivity index (χ3v) is 1.53. The Hall–Kier alpha value is -1.12. The first-order valence-electron chi connectivity index (χ1n) is 5.76. The van der Waals surface area contributed by atoms with E-state index < -0.39 is 6.61 Å². The van der Waals surface area contributed by atoms with E-state index in [1.54, 1.807) is 12.1 Å². The highest BCUT2D eigenvalue weighted by atomic mass is 19.3. The Labute approximate surface area is 97.4 Å². The number of benzene rings is 1. The van der Waals surface area contributed by atoms with Crippen molar-refractivity contribution >= 4 is 0 Å². The molecular formula is C13H22F2O. The van der Waals surface area contributed by atoms with E-state index in [0.717, 1.165) is 12.0 Å². The molecule has 3 heteroatoms. The average Bonchev–Trinajstić information content (AvgIpc) is 2.33. The molecule has 1 nitrogen and oxygen atoms in total. The molecule has 0 saturated carbocycles. The van der Waals surface area contributed by atoms with Crippen LogP contribution in [0.3, 0.4) is 0 Å². The minimum Gasteiger partial charge on any atom is -0.435 e. The fourth-order valence-electron chi connectivity index (χ4n) is 0.942. The predicted molar refractivity (Wildman–Crippen MR) is 65.1 cm³/mol. The zero-order chi connectivity index (χ0) is 13.0. The highest BCUT2D eigenvalue weighted by molar-refractivity contribution is 5.28. The molecule has 0 aromatic heterocycles. The molecule has 0 aliphatic heterocycles. The van der Waals surface area contributed by atoms with Crippen molar-refractivity contribution in [2.75, 3.05) is 0 Å². The fourth-order valence-corrected chi connectivity index (χ4v) is 0.942. The molecule has 0 unspecified atom stereocenters. The summed E-state index contributed by atoms with van der Waals surface area (Å²) in [6.07, 6.45) is 0.820. The van der Waals surface area contributed by atoms with Gasteiger partial charge in [-0.3, -0.25) is 0 Å². The third-order valence-electron chi connectivity index (χ3n) is 1.53. The Bertz CT molecular complexity index is 249. The van der Waals surface area contributed by atoms with Crippen molar-refractivity contribution in [1.82, 2.24) is 0 Å². The number of halogens is 2. The quantitative estimate of drug-likeness (QED) is 0.720. The maximum absolute atomic E-state index is 11.7. The molecule has 0 amide bonds. The van der Waals surface area contributed by atoms with Crippen LogP contribution >= 0.6 is 0 Å². The van der Waals surface area contributed by atoms with E-state index in [0.29, 0.717) is 0 Å². The fraction of sp³-hybridized carbons (Fsp3) is 0.538. The Morgan fingerprint density at radius 2 is 1.69 bits per heavy atom. The molecular weight excluding hydrogens is 210 g/mol. The molecule has 0 N–H and O–H groups in total. The van der Waals surface area contributed by atoms with E-state index in [9.17, 15) is 8.78 Å². The van der Waals surface area contributed by atoms with Gasteiger partial charge in [0.2, 0.25) is 0 Å². The first kappa shape index (κ1) is 17.3. The van der Waals surface area contributed by atoms with Gasteiger partial charge in [0.05, 0.1) is 0 Å². The summed E-state index contributed by atoms with van der Waals surface area (Å²) in [6, 6.07) is 6.71. The van der Waals surface area contributed by atoms with Gasteiger partial charge in [-0.2, -0.15) is 8.78 Å². The van der Waals surface area contributed by atoms with E-state index in [1.165, 1.54) is 6.07 Å². The smallest absolute Gasteiger partial charge is 0.387 e. The van der Waals surface area contributed by atoms with Crippen molar-refractivity contribution in [2.24, 2.45) is 0 Å². The highest BCUT2D eigenvalue weighted by Gasteiger charge is 2.03. The van der Waals surface area contributed by atoms with Gasteiger partial charge in [0.15, 0.2) is 0 Å². The standard InChI is InChI=1S/C9H10F2O.2C2H6/c1-2-7-4-3-5-8(6-7)12-9(10)11;2*1-2/h3-6,9H,2H2,1H3;2*1-2H3. The van der Waals surface area contributed by atoms with Gasteiger partial charge in [0.1, 0.15) is 5.75 Å². The average molecular weight is 232 g/mol. The summed E-state index contributed by atoms with van der Waals surface area (Å²) < 4.78 is 27.7. The van der Waals surface area contributed by atoms with Crippen LogP contribution in [0.4, 0.5) is 8.78 Å². The third kappa shape index (κ3) is 8.21. The van der Waals surface area contributed by atoms with Crippen LogP contribution in [0.2, 0.25) is 0 Å². The van der Waals surface area contributed by atoms with Crippen molar-refractivity contribution in [3.05, 3.63) is 29.8 Å². The van der Waals surface area contributed by atoms with Gasteiger partial charge in [-0.1, -0.05) is 46.8 Å². The maximum atomic E-state index is 11.7. The van der Waals surface area contributed by atoms with Crippen LogP contribution in [0, 0.1) is 0 Å². The van der Waals surface area contributed by atoms with Crippen molar-refractivity contribution in [1.29, 1.82) is 0 Å². The molecule has 0 fully saturated rings. The molecule has 16 heavy (non-hydrogen) atoms. The highest BCUT2D eigenvalue weighted by Crippen LogP contribution is 2.15. The molecule has 0 spiro atoms. The first-order valence-corrected chi connectivity index (χ1v) is 5.76. The minimum atomic E-state index is -2.74. The van der Waals surface area contributed by atoms with Gasteiger partial charge in [0, 0.05) is 0 Å². The monoisotopic (exact) mass is 232 g/mol. The van der Waals surface area contributed by atoms with Crippen LogP contribution in [0.25, 0.3) is 0 Å². The molecule has 0 heterocycles. The summed E-state index contributed by atoms with van der Waals surface area (Å²) in [5.74, 6) is 0.226. The lowest BCUT2D eigenvalue weighted by molar-refractivity contribution is -0.0498. The van der Waals surface area contributed by atoms with Gasteiger partial charge in [-0.05, 0) is 24.1 Å². The molecule has 1 aromatic carbocycles. The maximum Gasteiger partial charge on any atom is 0.387 e. The summed E-state index contributed by atoms with van der Waals surface area (Å²) in [5, 5.41) is 0. The van der Waals surface area contributed by atoms with Gasteiger partial charge < -0.3 is 4.74 Å². The second-order valence-corrected chi connectivity index (χ2v) is 2.38. The molecule has 1 aromatic rings. The van der Waals surface area contributed by atoms with E-state index >= 15 is 0 Å². The lowest BCUT2D eigenvalue weighted by atomic mass is 10.2. The lowest BCUT2D eigenvalue weighted by Gasteiger charge is -2.04. The van der Waals surface area contributed by atoms with E-state index in [1.807, 2.05) is 40.7 Å². The van der Waals surface area contributed by atoms with Crippen LogP contribution in [0.5, 0.6) is 5.75 Å². The van der Waals surface area contributed by atoms with Crippen molar-refractivity contribution in [3.8, 4) is 5.75 Å². The molecule has 0 atom stereocenters. The van der Waals surface area contributed by atoms with E-state index in [4.69, 9.17) is 0 Å². The molecule has 0 bridgehead atoms. The molecule has 94 valence electrons. The largest absolute Gasteiger partial charge is 0.435 e. The summed E-state index contributed by atoms with van der Waals surface area (Å²) in [4.78, 5) is 0. The van der Waals surface area contributed by atoms with Crippen LogP contribution in [0.1, 0.15) is 40.2 Å². The SMILES string of the molecule is CC.CC.CCc1cccc(OC(F)F)c1. The molecule has 1 rings (SSSR count). The minimum absolute atomic E-state index is 0.226. The Kier molecular flexibility index (Phi) is 12.9. The number of alkyl halides is 2. The van der Waals surface area contributed by atoms with Gasteiger partial charge in [-0.25, -0.2) is 0 Å². The van der Waals surface area contributed by atoms with Crippen molar-refractivity contribution in [2.45, 2.75) is 47.7 Å². The number of hydrogen-bond acceptors (Lipinski definition) is 1. The molecule has 0 aliphatic rings. The number of ether oxygens (including phenoxy) is 1. The topological polar surface area (TPSA) is 9.23 Å². The van der Waals surface area contributed by atoms with Gasteiger partial charge >= 0.3 is 6.61 Å². The number of hydrogen-bond donors (Lipinski definition) is 0. The van der Waals surface area contributed by atoms with Crippen LogP contribution < -0.4 is 4.74 Å². The first-order chi connectivity index (χ1) is 7.72. The van der Waals surface area contributed by atoms with Crippen LogP contribution in [-0.4, -0.2) is 6.61 Å². The van der Waals surface area contributed by atoms with E-state index in [2.05, 4.69) is 4.74 Å². The molecule has 0 saturated heterocycles. The zero-order valence-electron chi connectivity index (χ0n) is 10.8. The van der Waals surface area contributed by atoms with Crippen LogP contribution in [0.15, 0.2) is 24.3 Å². The Balaban J connectivity index is 0. The second-order valence-electron chi connectivity index (χ2n) is 2.38. The van der Waals surface area contributed by atoms with Crippen molar-refractivity contribution < 1.29 is 13.5 Å². The van der Waals surface area contributed by atoms with Gasteiger partial charge in [-0.15, -0.1) is 0 Å². The molecule has 0 aliphatic carbocycles. The normalized spacial score (nSPS) is 8.50. The van der Waals surface area contributed by atoms with Crippen LogP contribution in [-0.2, 0) is 6.42 Å². The van der Waals surface area contributed by atoms with E-state index in [-0.39, 0.29) is 5.75 Å².